The SMILES string of the molecule is O=C(CSC1=N/C(=C/c2cccc(Cl)c2)C(=O)N1c1ccccc1)Nc1ccccc1OC(F)(F)F. The Labute approximate surface area is 213 Å². The van der Waals surface area contributed by atoms with E-state index in [9.17, 15) is 22.8 Å². The Bertz CT molecular complexity index is 1350. The number of anilines is 2. The smallest absolute Gasteiger partial charge is 0.404 e. The highest BCUT2D eigenvalue weighted by Gasteiger charge is 2.33. The number of benzene rings is 3. The molecule has 0 atom stereocenters. The summed E-state index contributed by atoms with van der Waals surface area (Å²) in [6, 6.07) is 20.9. The van der Waals surface area contributed by atoms with Crippen molar-refractivity contribution >= 4 is 57.8 Å². The molecule has 0 spiro atoms. The molecule has 6 nitrogen and oxygen atoms in total. The van der Waals surface area contributed by atoms with Crippen molar-refractivity contribution in [3.05, 3.63) is 95.1 Å². The molecule has 0 aliphatic carbocycles. The van der Waals surface area contributed by atoms with E-state index in [4.69, 9.17) is 11.6 Å². The zero-order valence-corrected chi connectivity index (χ0v) is 19.9. The summed E-state index contributed by atoms with van der Waals surface area (Å²) in [4.78, 5) is 31.5. The second-order valence-electron chi connectivity index (χ2n) is 7.34. The van der Waals surface area contributed by atoms with E-state index in [1.54, 1.807) is 60.7 Å². The molecule has 0 aromatic heterocycles. The van der Waals surface area contributed by atoms with Crippen LogP contribution in [0.25, 0.3) is 6.08 Å². The first-order chi connectivity index (χ1) is 17.2. The molecule has 0 saturated carbocycles. The molecule has 3 aromatic carbocycles. The highest BCUT2D eigenvalue weighted by molar-refractivity contribution is 8.14. The van der Waals surface area contributed by atoms with E-state index in [0.29, 0.717) is 16.3 Å². The summed E-state index contributed by atoms with van der Waals surface area (Å²) >= 11 is 7.00. The largest absolute Gasteiger partial charge is 0.573 e. The van der Waals surface area contributed by atoms with E-state index < -0.39 is 23.9 Å². The van der Waals surface area contributed by atoms with Crippen molar-refractivity contribution in [1.82, 2.24) is 0 Å². The average Bonchev–Trinajstić information content (AvgIpc) is 3.13. The lowest BCUT2D eigenvalue weighted by molar-refractivity contribution is -0.274. The number of aliphatic imine (C=N–C) groups is 1. The third-order valence-electron chi connectivity index (χ3n) is 4.72. The number of carbonyl (C=O) groups is 2. The number of nitrogens with one attached hydrogen (secondary N) is 1. The Morgan fingerprint density at radius 3 is 2.50 bits per heavy atom. The number of thioether (sulfide) groups is 1. The summed E-state index contributed by atoms with van der Waals surface area (Å²) < 4.78 is 42.0. The highest BCUT2D eigenvalue weighted by atomic mass is 35.5. The number of nitrogens with zero attached hydrogens (tertiary/aromatic N) is 2. The minimum absolute atomic E-state index is 0.133. The number of hydrogen-bond acceptors (Lipinski definition) is 5. The second-order valence-corrected chi connectivity index (χ2v) is 8.71. The summed E-state index contributed by atoms with van der Waals surface area (Å²) in [5, 5.41) is 3.15. The Kier molecular flexibility index (Phi) is 7.66. The third-order valence-corrected chi connectivity index (χ3v) is 5.89. The molecular formula is C25H17ClF3N3O3S. The van der Waals surface area contributed by atoms with E-state index in [2.05, 4.69) is 15.0 Å². The van der Waals surface area contributed by atoms with Gasteiger partial charge in [0, 0.05) is 5.02 Å². The standard InChI is InChI=1S/C25H17ClF3N3O3S/c26-17-8-6-7-16(13-17)14-20-23(34)32(18-9-2-1-3-10-18)24(31-20)36-15-22(33)30-19-11-4-5-12-21(19)35-25(27,28)29/h1-14H,15H2,(H,30,33)/b20-14+. The fraction of sp³-hybridized carbons (Fsp3) is 0.0800. The Hall–Kier alpha value is -3.76. The average molecular weight is 532 g/mol. The minimum atomic E-state index is -4.91. The topological polar surface area (TPSA) is 71.0 Å². The second kappa shape index (κ2) is 10.9. The lowest BCUT2D eigenvalue weighted by Crippen LogP contribution is -2.31. The van der Waals surface area contributed by atoms with Gasteiger partial charge in [0.15, 0.2) is 10.9 Å². The lowest BCUT2D eigenvalue weighted by Gasteiger charge is -2.18. The van der Waals surface area contributed by atoms with Gasteiger partial charge in [-0.3, -0.25) is 14.5 Å². The van der Waals surface area contributed by atoms with Gasteiger partial charge in [0.2, 0.25) is 5.91 Å². The van der Waals surface area contributed by atoms with Crippen LogP contribution in [-0.4, -0.2) is 29.1 Å². The summed E-state index contributed by atoms with van der Waals surface area (Å²) in [5.74, 6) is -1.75. The number of halogens is 4. The molecule has 0 saturated heterocycles. The first-order valence-corrected chi connectivity index (χ1v) is 11.8. The maximum atomic E-state index is 13.2. The Balaban J connectivity index is 1.54. The maximum Gasteiger partial charge on any atom is 0.573 e. The zero-order chi connectivity index (χ0) is 25.7. The normalized spacial score (nSPS) is 14.7. The van der Waals surface area contributed by atoms with Gasteiger partial charge in [-0.05, 0) is 48.0 Å². The lowest BCUT2D eigenvalue weighted by atomic mass is 10.2. The predicted octanol–water partition coefficient (Wildman–Crippen LogP) is 6.35. The van der Waals surface area contributed by atoms with Crippen molar-refractivity contribution in [2.75, 3.05) is 16.0 Å². The first-order valence-electron chi connectivity index (χ1n) is 10.4. The monoisotopic (exact) mass is 531 g/mol. The first kappa shape index (κ1) is 25.3. The van der Waals surface area contributed by atoms with Gasteiger partial charge in [-0.2, -0.15) is 0 Å². The summed E-state index contributed by atoms with van der Waals surface area (Å²) in [6.07, 6.45) is -3.32. The summed E-state index contributed by atoms with van der Waals surface area (Å²) in [5.41, 5.74) is 1.24. The number of para-hydroxylation sites is 3. The molecular weight excluding hydrogens is 515 g/mol. The van der Waals surface area contributed by atoms with Crippen LogP contribution in [-0.2, 0) is 9.59 Å². The van der Waals surface area contributed by atoms with Crippen molar-refractivity contribution in [3.63, 3.8) is 0 Å². The molecule has 0 unspecified atom stereocenters. The maximum absolute atomic E-state index is 13.2. The number of amidine groups is 1. The van der Waals surface area contributed by atoms with Crippen LogP contribution in [0.1, 0.15) is 5.56 Å². The summed E-state index contributed by atoms with van der Waals surface area (Å²) in [6.45, 7) is 0. The van der Waals surface area contributed by atoms with E-state index in [-0.39, 0.29) is 22.3 Å². The molecule has 0 bridgehead atoms. The van der Waals surface area contributed by atoms with Gasteiger partial charge in [0.05, 0.1) is 17.1 Å². The van der Waals surface area contributed by atoms with Crippen LogP contribution in [0.4, 0.5) is 24.5 Å². The van der Waals surface area contributed by atoms with Gasteiger partial charge >= 0.3 is 6.36 Å². The third kappa shape index (κ3) is 6.46. The van der Waals surface area contributed by atoms with Gasteiger partial charge in [0.25, 0.3) is 5.91 Å². The Morgan fingerprint density at radius 2 is 1.78 bits per heavy atom. The fourth-order valence-corrected chi connectivity index (χ4v) is 4.26. The van der Waals surface area contributed by atoms with Gasteiger partial charge in [-0.25, -0.2) is 4.99 Å². The molecule has 11 heteroatoms. The zero-order valence-electron chi connectivity index (χ0n) is 18.3. The van der Waals surface area contributed by atoms with Crippen molar-refractivity contribution in [3.8, 4) is 5.75 Å². The molecule has 1 heterocycles. The van der Waals surface area contributed by atoms with Crippen molar-refractivity contribution in [2.24, 2.45) is 4.99 Å². The summed E-state index contributed by atoms with van der Waals surface area (Å²) in [7, 11) is 0. The number of amides is 2. The number of rotatable bonds is 6. The number of hydrogen-bond donors (Lipinski definition) is 1. The van der Waals surface area contributed by atoms with Gasteiger partial charge in [-0.15, -0.1) is 13.2 Å². The van der Waals surface area contributed by atoms with Gasteiger partial charge < -0.3 is 10.1 Å². The van der Waals surface area contributed by atoms with E-state index in [0.717, 1.165) is 17.8 Å². The molecule has 2 amide bonds. The fourth-order valence-electron chi connectivity index (χ4n) is 3.25. The predicted molar refractivity (Wildman–Crippen MR) is 135 cm³/mol. The molecule has 1 N–H and O–H groups in total. The van der Waals surface area contributed by atoms with Crippen LogP contribution in [0, 0.1) is 0 Å². The molecule has 4 rings (SSSR count). The van der Waals surface area contributed by atoms with Crippen LogP contribution < -0.4 is 15.0 Å². The molecule has 1 aliphatic heterocycles. The molecule has 184 valence electrons. The van der Waals surface area contributed by atoms with Crippen LogP contribution in [0.2, 0.25) is 5.02 Å². The van der Waals surface area contributed by atoms with Gasteiger partial charge in [-0.1, -0.05) is 65.8 Å². The van der Waals surface area contributed by atoms with Crippen molar-refractivity contribution in [2.45, 2.75) is 6.36 Å². The van der Waals surface area contributed by atoms with Crippen molar-refractivity contribution < 1.29 is 27.5 Å². The van der Waals surface area contributed by atoms with E-state index >= 15 is 0 Å². The van der Waals surface area contributed by atoms with Crippen LogP contribution in [0.3, 0.4) is 0 Å². The van der Waals surface area contributed by atoms with E-state index in [1.165, 1.54) is 23.1 Å². The van der Waals surface area contributed by atoms with E-state index in [1.807, 2.05) is 0 Å². The number of carbonyl (C=O) groups excluding carboxylic acids is 2. The molecule has 36 heavy (non-hydrogen) atoms. The van der Waals surface area contributed by atoms with Crippen LogP contribution in [0.15, 0.2) is 89.6 Å². The van der Waals surface area contributed by atoms with Crippen LogP contribution >= 0.6 is 23.4 Å². The molecule has 0 fully saturated rings. The Morgan fingerprint density at radius 1 is 1.06 bits per heavy atom. The number of alkyl halides is 3. The van der Waals surface area contributed by atoms with Crippen molar-refractivity contribution in [1.29, 1.82) is 0 Å². The van der Waals surface area contributed by atoms with Crippen LogP contribution in [0.5, 0.6) is 5.75 Å². The molecule has 3 aromatic rings. The minimum Gasteiger partial charge on any atom is -0.404 e. The molecule has 0 radical (unpaired) electrons. The highest BCUT2D eigenvalue weighted by Crippen LogP contribution is 2.32. The quantitative estimate of drug-likeness (QED) is 0.376. The van der Waals surface area contributed by atoms with Gasteiger partial charge in [0.1, 0.15) is 5.70 Å². The molecule has 1 aliphatic rings. The number of ether oxygens (including phenoxy) is 1.